The van der Waals surface area contributed by atoms with E-state index in [4.69, 9.17) is 4.74 Å². The van der Waals surface area contributed by atoms with Crippen LogP contribution < -0.4 is 4.74 Å². The van der Waals surface area contributed by atoms with Crippen molar-refractivity contribution in [3.05, 3.63) is 35.4 Å². The van der Waals surface area contributed by atoms with E-state index in [1.807, 2.05) is 25.1 Å². The minimum atomic E-state index is 0.756. The van der Waals surface area contributed by atoms with Gasteiger partial charge in [-0.05, 0) is 30.7 Å². The summed E-state index contributed by atoms with van der Waals surface area (Å²) in [6, 6.07) is 5.77. The van der Waals surface area contributed by atoms with E-state index < -0.39 is 0 Å². The molecule has 0 aliphatic carbocycles. The van der Waals surface area contributed by atoms with Crippen LogP contribution in [0.5, 0.6) is 5.75 Å². The van der Waals surface area contributed by atoms with Crippen LogP contribution in [0.3, 0.4) is 0 Å². The van der Waals surface area contributed by atoms with Crippen molar-refractivity contribution in [3.63, 3.8) is 0 Å². The lowest BCUT2D eigenvalue weighted by Gasteiger charge is -2.06. The zero-order valence-corrected chi connectivity index (χ0v) is 7.78. The molecular formula is C11H12O2. The van der Waals surface area contributed by atoms with Gasteiger partial charge in [-0.15, -0.1) is 0 Å². The van der Waals surface area contributed by atoms with Gasteiger partial charge in [0, 0.05) is 5.56 Å². The van der Waals surface area contributed by atoms with Gasteiger partial charge in [0.25, 0.3) is 0 Å². The largest absolute Gasteiger partial charge is 0.496 e. The summed E-state index contributed by atoms with van der Waals surface area (Å²) in [7, 11) is 1.62. The number of ether oxygens (including phenoxy) is 1. The van der Waals surface area contributed by atoms with E-state index in [2.05, 4.69) is 0 Å². The second-order valence-electron chi connectivity index (χ2n) is 2.69. The van der Waals surface area contributed by atoms with Gasteiger partial charge >= 0.3 is 0 Å². The summed E-state index contributed by atoms with van der Waals surface area (Å²) < 4.78 is 5.16. The minimum Gasteiger partial charge on any atom is -0.496 e. The van der Waals surface area contributed by atoms with E-state index in [9.17, 15) is 4.79 Å². The first-order valence-electron chi connectivity index (χ1n) is 4.05. The van der Waals surface area contributed by atoms with Crippen molar-refractivity contribution in [2.75, 3.05) is 7.11 Å². The maximum atomic E-state index is 10.2. The number of benzene rings is 1. The summed E-state index contributed by atoms with van der Waals surface area (Å²) in [5.74, 6) is 0.790. The fourth-order valence-corrected chi connectivity index (χ4v) is 1.18. The predicted molar refractivity (Wildman–Crippen MR) is 52.8 cm³/mol. The Morgan fingerprint density at radius 3 is 2.77 bits per heavy atom. The van der Waals surface area contributed by atoms with Crippen LogP contribution in [0.1, 0.15) is 11.1 Å². The number of methoxy groups -OCH3 is 1. The Hall–Kier alpha value is -1.57. The highest BCUT2D eigenvalue weighted by molar-refractivity contribution is 5.76. The van der Waals surface area contributed by atoms with E-state index in [0.717, 1.165) is 23.2 Å². The number of rotatable bonds is 3. The molecule has 0 amide bonds. The van der Waals surface area contributed by atoms with Gasteiger partial charge in [0.2, 0.25) is 0 Å². The molecule has 0 heterocycles. The minimum absolute atomic E-state index is 0.756. The van der Waals surface area contributed by atoms with E-state index in [-0.39, 0.29) is 0 Å². The van der Waals surface area contributed by atoms with Crippen molar-refractivity contribution in [1.82, 2.24) is 0 Å². The summed E-state index contributed by atoms with van der Waals surface area (Å²) in [5.41, 5.74) is 2.05. The Labute approximate surface area is 77.8 Å². The van der Waals surface area contributed by atoms with Crippen molar-refractivity contribution in [2.45, 2.75) is 6.92 Å². The van der Waals surface area contributed by atoms with Gasteiger partial charge in [-0.1, -0.05) is 12.1 Å². The topological polar surface area (TPSA) is 26.3 Å². The number of aryl methyl sites for hydroxylation is 1. The van der Waals surface area contributed by atoms with Crippen LogP contribution in [0.4, 0.5) is 0 Å². The highest BCUT2D eigenvalue weighted by Gasteiger charge is 2.00. The number of carbonyl (C=O) groups is 1. The molecule has 0 bridgehead atoms. The summed E-state index contributed by atoms with van der Waals surface area (Å²) in [6.45, 7) is 1.98. The van der Waals surface area contributed by atoms with Crippen molar-refractivity contribution in [3.8, 4) is 5.75 Å². The van der Waals surface area contributed by atoms with Gasteiger partial charge < -0.3 is 4.74 Å². The number of aldehydes is 1. The lowest BCUT2D eigenvalue weighted by atomic mass is 10.1. The normalized spacial score (nSPS) is 10.3. The second-order valence-corrected chi connectivity index (χ2v) is 2.69. The van der Waals surface area contributed by atoms with Crippen LogP contribution in [0, 0.1) is 6.92 Å². The Bertz CT molecular complexity index is 327. The molecule has 1 rings (SSSR count). The molecule has 1 aromatic carbocycles. The van der Waals surface area contributed by atoms with Crippen molar-refractivity contribution in [1.29, 1.82) is 0 Å². The molecule has 0 aromatic heterocycles. The van der Waals surface area contributed by atoms with Crippen molar-refractivity contribution < 1.29 is 9.53 Å². The van der Waals surface area contributed by atoms with Crippen molar-refractivity contribution in [2.24, 2.45) is 0 Å². The lowest BCUT2D eigenvalue weighted by Crippen LogP contribution is -1.89. The number of carbonyl (C=O) groups excluding carboxylic acids is 1. The molecule has 0 aliphatic rings. The average Bonchev–Trinajstić information content (AvgIpc) is 2.15. The molecule has 1 aromatic rings. The molecule has 0 unspecified atom stereocenters. The van der Waals surface area contributed by atoms with E-state index in [1.54, 1.807) is 13.2 Å². The maximum Gasteiger partial charge on any atom is 0.142 e. The molecule has 0 spiro atoms. The molecule has 2 nitrogen and oxygen atoms in total. The highest BCUT2D eigenvalue weighted by Crippen LogP contribution is 2.22. The summed E-state index contributed by atoms with van der Waals surface area (Å²) in [5, 5.41) is 0. The molecular weight excluding hydrogens is 164 g/mol. The van der Waals surface area contributed by atoms with Gasteiger partial charge in [0.05, 0.1) is 7.11 Å². The van der Waals surface area contributed by atoms with Gasteiger partial charge in [-0.2, -0.15) is 0 Å². The Morgan fingerprint density at radius 2 is 2.15 bits per heavy atom. The summed E-state index contributed by atoms with van der Waals surface area (Å²) in [4.78, 5) is 10.2. The smallest absolute Gasteiger partial charge is 0.142 e. The first-order chi connectivity index (χ1) is 6.29. The monoisotopic (exact) mass is 176 g/mol. The fourth-order valence-electron chi connectivity index (χ4n) is 1.18. The first kappa shape index (κ1) is 9.52. The summed E-state index contributed by atoms with van der Waals surface area (Å²) in [6.07, 6.45) is 3.97. The molecule has 0 saturated heterocycles. The zero-order valence-electron chi connectivity index (χ0n) is 7.78. The van der Waals surface area contributed by atoms with Crippen LogP contribution in [-0.4, -0.2) is 13.4 Å². The molecule has 68 valence electrons. The molecule has 0 N–H and O–H groups in total. The number of hydrogen-bond acceptors (Lipinski definition) is 2. The van der Waals surface area contributed by atoms with E-state index in [0.29, 0.717) is 0 Å². The van der Waals surface area contributed by atoms with Crippen LogP contribution in [0.15, 0.2) is 24.3 Å². The molecule has 0 radical (unpaired) electrons. The standard InChI is InChI=1S/C11H12O2/c1-9-5-3-7-11(13-2)10(9)6-4-8-12/h3-8H,1-2H3/b6-4+. The van der Waals surface area contributed by atoms with Crippen LogP contribution >= 0.6 is 0 Å². The number of hydrogen-bond donors (Lipinski definition) is 0. The zero-order chi connectivity index (χ0) is 9.68. The van der Waals surface area contributed by atoms with Crippen molar-refractivity contribution >= 4 is 12.4 Å². The quantitative estimate of drug-likeness (QED) is 0.521. The van der Waals surface area contributed by atoms with Gasteiger partial charge in [-0.3, -0.25) is 4.79 Å². The Morgan fingerprint density at radius 1 is 1.38 bits per heavy atom. The van der Waals surface area contributed by atoms with Crippen LogP contribution in [-0.2, 0) is 4.79 Å². The lowest BCUT2D eigenvalue weighted by molar-refractivity contribution is -0.104. The highest BCUT2D eigenvalue weighted by atomic mass is 16.5. The number of allylic oxidation sites excluding steroid dienone is 1. The van der Waals surface area contributed by atoms with Gasteiger partial charge in [-0.25, -0.2) is 0 Å². The average molecular weight is 176 g/mol. The van der Waals surface area contributed by atoms with Crippen LogP contribution in [0.2, 0.25) is 0 Å². The maximum absolute atomic E-state index is 10.2. The Balaban J connectivity index is 3.14. The molecule has 2 heteroatoms. The third-order valence-electron chi connectivity index (χ3n) is 1.85. The molecule has 13 heavy (non-hydrogen) atoms. The summed E-state index contributed by atoms with van der Waals surface area (Å²) >= 11 is 0. The van der Waals surface area contributed by atoms with Crippen LogP contribution in [0.25, 0.3) is 6.08 Å². The molecule has 0 saturated carbocycles. The molecule has 0 aliphatic heterocycles. The molecule has 0 atom stereocenters. The second kappa shape index (κ2) is 4.45. The molecule has 0 fully saturated rings. The first-order valence-corrected chi connectivity index (χ1v) is 4.05. The SMILES string of the molecule is COc1cccc(C)c1/C=C/C=O. The predicted octanol–water partition coefficient (Wildman–Crippen LogP) is 2.22. The van der Waals surface area contributed by atoms with Gasteiger partial charge in [0.15, 0.2) is 0 Å². The third kappa shape index (κ3) is 2.18. The van der Waals surface area contributed by atoms with E-state index in [1.165, 1.54) is 6.08 Å². The van der Waals surface area contributed by atoms with E-state index >= 15 is 0 Å². The Kier molecular flexibility index (Phi) is 3.26. The third-order valence-corrected chi connectivity index (χ3v) is 1.85. The fraction of sp³-hybridized carbons (Fsp3) is 0.182. The van der Waals surface area contributed by atoms with Gasteiger partial charge in [0.1, 0.15) is 12.0 Å².